The van der Waals surface area contributed by atoms with Crippen molar-refractivity contribution < 1.29 is 9.53 Å². The summed E-state index contributed by atoms with van der Waals surface area (Å²) in [4.78, 5) is 16.6. The fourth-order valence-corrected chi connectivity index (χ4v) is 2.75. The molecule has 3 aromatic rings. The van der Waals surface area contributed by atoms with Gasteiger partial charge in [-0.1, -0.05) is 29.8 Å². The molecule has 0 saturated carbocycles. The molecule has 136 valence electrons. The van der Waals surface area contributed by atoms with Crippen molar-refractivity contribution in [1.82, 2.24) is 25.1 Å². The van der Waals surface area contributed by atoms with Crippen LogP contribution in [0.5, 0.6) is 0 Å². The Morgan fingerprint density at radius 1 is 1.27 bits per heavy atom. The Morgan fingerprint density at radius 2 is 2.04 bits per heavy atom. The van der Waals surface area contributed by atoms with Crippen LogP contribution in [0.4, 0.5) is 0 Å². The number of carbonyl (C=O) groups is 1. The molecule has 0 bridgehead atoms. The highest BCUT2D eigenvalue weighted by Crippen LogP contribution is 2.18. The zero-order chi connectivity index (χ0) is 18.5. The van der Waals surface area contributed by atoms with Crippen LogP contribution in [0.15, 0.2) is 36.5 Å². The van der Waals surface area contributed by atoms with Gasteiger partial charge in [0.05, 0.1) is 5.69 Å². The molecule has 0 atom stereocenters. The van der Waals surface area contributed by atoms with Crippen LogP contribution in [0.3, 0.4) is 0 Å². The molecule has 0 aliphatic rings. The molecule has 0 spiro atoms. The Kier molecular flexibility index (Phi) is 5.48. The molecular formula is C19H23N5O2. The maximum Gasteiger partial charge on any atom is 0.269 e. The van der Waals surface area contributed by atoms with Crippen molar-refractivity contribution in [3.05, 3.63) is 59.3 Å². The van der Waals surface area contributed by atoms with Crippen molar-refractivity contribution >= 4 is 5.91 Å². The van der Waals surface area contributed by atoms with Gasteiger partial charge in [0.25, 0.3) is 5.91 Å². The summed E-state index contributed by atoms with van der Waals surface area (Å²) in [6.45, 7) is 5.59. The van der Waals surface area contributed by atoms with Crippen LogP contribution < -0.4 is 5.32 Å². The number of carbonyl (C=O) groups excluding carboxylic acids is 1. The quantitative estimate of drug-likeness (QED) is 0.683. The first kappa shape index (κ1) is 17.9. The lowest BCUT2D eigenvalue weighted by atomic mass is 10.1. The molecule has 1 aromatic carbocycles. The van der Waals surface area contributed by atoms with Crippen molar-refractivity contribution in [2.24, 2.45) is 0 Å². The molecule has 2 heterocycles. The van der Waals surface area contributed by atoms with Gasteiger partial charge in [0.15, 0.2) is 0 Å². The molecule has 0 fully saturated rings. The van der Waals surface area contributed by atoms with Gasteiger partial charge in [-0.05, 0) is 19.9 Å². The van der Waals surface area contributed by atoms with Crippen LogP contribution in [-0.4, -0.2) is 39.3 Å². The second kappa shape index (κ2) is 7.97. The summed E-state index contributed by atoms with van der Waals surface area (Å²) in [5.74, 6) is 0.671. The Hall–Kier alpha value is -2.93. The minimum Gasteiger partial charge on any atom is -0.377 e. The summed E-state index contributed by atoms with van der Waals surface area (Å²) in [5, 5.41) is 9.94. The Labute approximate surface area is 152 Å². The van der Waals surface area contributed by atoms with E-state index in [1.807, 2.05) is 42.7 Å². The van der Waals surface area contributed by atoms with Gasteiger partial charge >= 0.3 is 0 Å². The molecule has 0 saturated heterocycles. The zero-order valence-electron chi connectivity index (χ0n) is 15.2. The number of ether oxygens (including phenoxy) is 1. The monoisotopic (exact) mass is 353 g/mol. The fraction of sp³-hybridized carbons (Fsp3) is 0.316. The van der Waals surface area contributed by atoms with E-state index >= 15 is 0 Å². The van der Waals surface area contributed by atoms with Crippen LogP contribution in [0.2, 0.25) is 0 Å². The summed E-state index contributed by atoms with van der Waals surface area (Å²) in [6, 6.07) is 9.79. The van der Waals surface area contributed by atoms with Crippen LogP contribution in [0.1, 0.15) is 27.6 Å². The van der Waals surface area contributed by atoms with Crippen molar-refractivity contribution in [3.63, 3.8) is 0 Å². The van der Waals surface area contributed by atoms with E-state index < -0.39 is 0 Å². The number of hydrogen-bond donors (Lipinski definition) is 2. The summed E-state index contributed by atoms with van der Waals surface area (Å²) >= 11 is 0. The third kappa shape index (κ3) is 4.00. The fourth-order valence-electron chi connectivity index (χ4n) is 2.75. The number of nitrogens with one attached hydrogen (secondary N) is 2. The number of methoxy groups -OCH3 is 1. The highest BCUT2D eigenvalue weighted by atomic mass is 16.5. The zero-order valence-corrected chi connectivity index (χ0v) is 15.2. The lowest BCUT2D eigenvalue weighted by Gasteiger charge is -2.10. The smallest absolute Gasteiger partial charge is 0.269 e. The van der Waals surface area contributed by atoms with Crippen molar-refractivity contribution in [3.8, 4) is 11.3 Å². The van der Waals surface area contributed by atoms with Crippen LogP contribution >= 0.6 is 0 Å². The van der Waals surface area contributed by atoms with Crippen LogP contribution in [0, 0.1) is 13.8 Å². The largest absolute Gasteiger partial charge is 0.377 e. The minimum atomic E-state index is -0.179. The second-order valence-corrected chi connectivity index (χ2v) is 6.19. The molecular weight excluding hydrogens is 330 g/mol. The first-order chi connectivity index (χ1) is 12.6. The summed E-state index contributed by atoms with van der Waals surface area (Å²) < 4.78 is 7.18. The van der Waals surface area contributed by atoms with E-state index in [0.29, 0.717) is 25.4 Å². The SMILES string of the molecule is COCc1ncc(C)n1CCNC(=O)c1cc(-c2ccc(C)cc2)n[nH]1. The molecule has 7 nitrogen and oxygen atoms in total. The van der Waals surface area contributed by atoms with Gasteiger partial charge in [0.1, 0.15) is 18.1 Å². The third-order valence-electron chi connectivity index (χ3n) is 4.20. The second-order valence-electron chi connectivity index (χ2n) is 6.19. The molecule has 0 aliphatic carbocycles. The molecule has 2 N–H and O–H groups in total. The molecule has 26 heavy (non-hydrogen) atoms. The number of hydrogen-bond acceptors (Lipinski definition) is 4. The van der Waals surface area contributed by atoms with Crippen molar-refractivity contribution in [1.29, 1.82) is 0 Å². The van der Waals surface area contributed by atoms with Crippen LogP contribution in [0.25, 0.3) is 11.3 Å². The number of aromatic nitrogens is 4. The standard InChI is InChI=1S/C19H23N5O2/c1-13-4-6-15(7-5-13)16-10-17(23-22-16)19(25)20-8-9-24-14(2)11-21-18(24)12-26-3/h4-7,10-11H,8-9,12H2,1-3H3,(H,20,25)(H,22,23). The van der Waals surface area contributed by atoms with E-state index in [9.17, 15) is 4.79 Å². The molecule has 2 aromatic heterocycles. The lowest BCUT2D eigenvalue weighted by molar-refractivity contribution is 0.0946. The minimum absolute atomic E-state index is 0.179. The number of imidazole rings is 1. The number of amides is 1. The molecule has 7 heteroatoms. The van der Waals surface area contributed by atoms with Gasteiger partial charge in [0.2, 0.25) is 0 Å². The van der Waals surface area contributed by atoms with E-state index in [1.54, 1.807) is 19.4 Å². The van der Waals surface area contributed by atoms with Crippen molar-refractivity contribution in [2.45, 2.75) is 27.0 Å². The lowest BCUT2D eigenvalue weighted by Crippen LogP contribution is -2.28. The molecule has 3 rings (SSSR count). The highest BCUT2D eigenvalue weighted by molar-refractivity contribution is 5.93. The predicted molar refractivity (Wildman–Crippen MR) is 98.8 cm³/mol. The number of aryl methyl sites for hydroxylation is 2. The molecule has 0 unspecified atom stereocenters. The first-order valence-corrected chi connectivity index (χ1v) is 8.49. The van der Waals surface area contributed by atoms with Gasteiger partial charge < -0.3 is 14.6 Å². The molecule has 1 amide bonds. The van der Waals surface area contributed by atoms with E-state index in [0.717, 1.165) is 22.8 Å². The number of H-pyrrole nitrogens is 1. The summed E-state index contributed by atoms with van der Waals surface area (Å²) in [5.41, 5.74) is 4.39. The third-order valence-corrected chi connectivity index (χ3v) is 4.20. The number of aromatic amines is 1. The maximum absolute atomic E-state index is 12.3. The maximum atomic E-state index is 12.3. The van der Waals surface area contributed by atoms with Gasteiger partial charge in [-0.15, -0.1) is 0 Å². The normalized spacial score (nSPS) is 10.9. The van der Waals surface area contributed by atoms with Crippen LogP contribution in [-0.2, 0) is 17.9 Å². The molecule has 0 aliphatic heterocycles. The Balaban J connectivity index is 1.59. The first-order valence-electron chi connectivity index (χ1n) is 8.49. The molecule has 0 radical (unpaired) electrons. The number of rotatable bonds is 7. The van der Waals surface area contributed by atoms with E-state index in [4.69, 9.17) is 4.74 Å². The Morgan fingerprint density at radius 3 is 2.77 bits per heavy atom. The summed E-state index contributed by atoms with van der Waals surface area (Å²) in [7, 11) is 1.64. The van der Waals surface area contributed by atoms with E-state index in [1.165, 1.54) is 5.56 Å². The van der Waals surface area contributed by atoms with Gasteiger partial charge in [-0.3, -0.25) is 9.89 Å². The predicted octanol–water partition coefficient (Wildman–Crippen LogP) is 2.47. The number of benzene rings is 1. The Bertz CT molecular complexity index is 880. The van der Waals surface area contributed by atoms with E-state index in [2.05, 4.69) is 20.5 Å². The van der Waals surface area contributed by atoms with E-state index in [-0.39, 0.29) is 5.91 Å². The van der Waals surface area contributed by atoms with Crippen molar-refractivity contribution in [2.75, 3.05) is 13.7 Å². The summed E-state index contributed by atoms with van der Waals surface area (Å²) in [6.07, 6.45) is 1.80. The topological polar surface area (TPSA) is 84.8 Å². The average molecular weight is 353 g/mol. The highest BCUT2D eigenvalue weighted by Gasteiger charge is 2.12. The van der Waals surface area contributed by atoms with Gasteiger partial charge in [-0.25, -0.2) is 4.98 Å². The number of nitrogens with zero attached hydrogens (tertiary/aromatic N) is 3. The van der Waals surface area contributed by atoms with Gasteiger partial charge in [-0.2, -0.15) is 5.10 Å². The van der Waals surface area contributed by atoms with Gasteiger partial charge in [0, 0.05) is 37.7 Å². The average Bonchev–Trinajstić information content (AvgIpc) is 3.25.